The summed E-state index contributed by atoms with van der Waals surface area (Å²) < 4.78 is 2.07. The first-order valence-electron chi connectivity index (χ1n) is 12.5. The molecule has 3 aromatic rings. The molecule has 1 N–H and O–H groups in total. The number of aromatic nitrogens is 2. The lowest BCUT2D eigenvalue weighted by Crippen LogP contribution is -2.43. The number of hydrogen-bond donors (Lipinski definition) is 1. The molecule has 3 rings (SSSR count). The Kier molecular flexibility index (Phi) is 9.73. The molecule has 0 atom stereocenters. The zero-order valence-electron chi connectivity index (χ0n) is 21.3. The summed E-state index contributed by atoms with van der Waals surface area (Å²) >= 11 is 5.90. The number of para-hydroxylation sites is 2. The molecule has 0 saturated carbocycles. The van der Waals surface area contributed by atoms with Crippen LogP contribution in [0.25, 0.3) is 11.0 Å². The maximum atomic E-state index is 13.1. The third-order valence-corrected chi connectivity index (χ3v) is 6.36. The molecule has 0 unspecified atom stereocenters. The lowest BCUT2D eigenvalue weighted by atomic mass is 10.1. The van der Waals surface area contributed by atoms with Gasteiger partial charge in [0.1, 0.15) is 12.4 Å². The van der Waals surface area contributed by atoms with E-state index in [4.69, 9.17) is 16.6 Å². The van der Waals surface area contributed by atoms with Crippen molar-refractivity contribution in [3.63, 3.8) is 0 Å². The van der Waals surface area contributed by atoms with Crippen molar-refractivity contribution in [2.24, 2.45) is 0 Å². The number of hydrogen-bond acceptors (Lipinski definition) is 3. The zero-order chi connectivity index (χ0) is 25.4. The first kappa shape index (κ1) is 26.7. The van der Waals surface area contributed by atoms with Gasteiger partial charge in [-0.15, -0.1) is 0 Å². The number of carbonyl (C=O) groups is 2. The zero-order valence-corrected chi connectivity index (χ0v) is 22.0. The highest BCUT2D eigenvalue weighted by Gasteiger charge is 2.22. The summed E-state index contributed by atoms with van der Waals surface area (Å²) in [6.45, 7) is 9.17. The Morgan fingerprint density at radius 2 is 1.66 bits per heavy atom. The monoisotopic (exact) mass is 496 g/mol. The van der Waals surface area contributed by atoms with E-state index in [1.807, 2.05) is 41.3 Å². The minimum Gasteiger partial charge on any atom is -0.356 e. The third kappa shape index (κ3) is 7.56. The molecule has 0 aliphatic rings. The van der Waals surface area contributed by atoms with Crippen LogP contribution in [0.3, 0.4) is 0 Å². The van der Waals surface area contributed by atoms with Crippen molar-refractivity contribution in [3.05, 3.63) is 64.9 Å². The molecule has 0 aliphatic heterocycles. The second kappa shape index (κ2) is 12.7. The topological polar surface area (TPSA) is 67.2 Å². The lowest BCUT2D eigenvalue weighted by Gasteiger charge is -2.31. The molecule has 1 heterocycles. The molecule has 188 valence electrons. The van der Waals surface area contributed by atoms with Crippen LogP contribution in [0.1, 0.15) is 58.3 Å². The molecule has 0 radical (unpaired) electrons. The fourth-order valence-electron chi connectivity index (χ4n) is 4.54. The maximum Gasteiger partial charge on any atom is 0.243 e. The van der Waals surface area contributed by atoms with Gasteiger partial charge in [-0.25, -0.2) is 4.98 Å². The van der Waals surface area contributed by atoms with Gasteiger partial charge in [0.15, 0.2) is 0 Å². The molecule has 1 aromatic heterocycles. The van der Waals surface area contributed by atoms with Gasteiger partial charge in [-0.1, -0.05) is 42.3 Å². The molecular weight excluding hydrogens is 460 g/mol. The second-order valence-corrected chi connectivity index (χ2v) is 9.99. The molecule has 0 saturated heterocycles. The van der Waals surface area contributed by atoms with E-state index in [1.54, 1.807) is 12.1 Å². The van der Waals surface area contributed by atoms with Crippen LogP contribution in [0.4, 0.5) is 0 Å². The Morgan fingerprint density at radius 3 is 2.34 bits per heavy atom. The van der Waals surface area contributed by atoms with E-state index in [0.717, 1.165) is 48.1 Å². The number of carbonyl (C=O) groups excluding carboxylic acids is 2. The Hall–Kier alpha value is -2.86. The quantitative estimate of drug-likeness (QED) is 0.341. The average molecular weight is 497 g/mol. The van der Waals surface area contributed by atoms with E-state index in [1.165, 1.54) is 0 Å². The minimum absolute atomic E-state index is 0.0208. The Morgan fingerprint density at radius 1 is 0.971 bits per heavy atom. The van der Waals surface area contributed by atoms with Crippen LogP contribution < -0.4 is 5.32 Å². The van der Waals surface area contributed by atoms with Gasteiger partial charge in [0.2, 0.25) is 11.8 Å². The van der Waals surface area contributed by atoms with Gasteiger partial charge in [0.25, 0.3) is 0 Å². The fourth-order valence-corrected chi connectivity index (χ4v) is 4.67. The summed E-state index contributed by atoms with van der Waals surface area (Å²) in [6.07, 6.45) is 3.98. The first-order valence-corrected chi connectivity index (χ1v) is 12.9. The number of benzene rings is 2. The summed E-state index contributed by atoms with van der Waals surface area (Å²) in [6, 6.07) is 15.6. The predicted molar refractivity (Wildman–Crippen MR) is 143 cm³/mol. The number of unbranched alkanes of at least 4 members (excludes halogenated alkanes) is 2. The Balaban J connectivity index is 1.52. The van der Waals surface area contributed by atoms with E-state index in [-0.39, 0.29) is 23.9 Å². The van der Waals surface area contributed by atoms with Crippen LogP contribution in [0, 0.1) is 0 Å². The summed E-state index contributed by atoms with van der Waals surface area (Å²) in [5.41, 5.74) is 2.87. The van der Waals surface area contributed by atoms with Crippen molar-refractivity contribution in [3.8, 4) is 0 Å². The number of aryl methyl sites for hydroxylation is 1. The van der Waals surface area contributed by atoms with Crippen molar-refractivity contribution in [2.75, 3.05) is 6.54 Å². The van der Waals surface area contributed by atoms with Crippen molar-refractivity contribution in [1.82, 2.24) is 19.8 Å². The normalized spacial score (nSPS) is 11.4. The first-order chi connectivity index (χ1) is 16.8. The van der Waals surface area contributed by atoms with Gasteiger partial charge in [0.05, 0.1) is 17.5 Å². The summed E-state index contributed by atoms with van der Waals surface area (Å²) in [7, 11) is 0. The van der Waals surface area contributed by atoms with Gasteiger partial charge in [-0.05, 0) is 70.4 Å². The molecule has 35 heavy (non-hydrogen) atoms. The molecule has 0 fully saturated rings. The van der Waals surface area contributed by atoms with E-state index in [9.17, 15) is 9.59 Å². The standard InChI is InChI=1S/C28H37ClN4O2/c1-20(2)33(21(3)4)28(35)19-32-25-11-8-7-10-24(25)31-26(32)12-6-5-9-17-30-27(34)18-22-13-15-23(29)16-14-22/h7-8,10-11,13-16,20-21H,5-6,9,12,17-19H2,1-4H3,(H,30,34). The number of nitrogens with one attached hydrogen (secondary N) is 1. The number of nitrogens with zero attached hydrogens (tertiary/aromatic N) is 3. The largest absolute Gasteiger partial charge is 0.356 e. The molecule has 0 bridgehead atoms. The molecule has 7 heteroatoms. The van der Waals surface area contributed by atoms with Crippen LogP contribution in [0.5, 0.6) is 0 Å². The Labute approximate surface area is 213 Å². The van der Waals surface area contributed by atoms with Gasteiger partial charge in [-0.2, -0.15) is 0 Å². The molecule has 2 aromatic carbocycles. The average Bonchev–Trinajstić information content (AvgIpc) is 3.14. The van der Waals surface area contributed by atoms with Crippen molar-refractivity contribution >= 4 is 34.4 Å². The third-order valence-electron chi connectivity index (χ3n) is 6.10. The molecule has 0 aliphatic carbocycles. The van der Waals surface area contributed by atoms with E-state index in [2.05, 4.69) is 37.6 Å². The lowest BCUT2D eigenvalue weighted by molar-refractivity contribution is -0.135. The summed E-state index contributed by atoms with van der Waals surface area (Å²) in [5.74, 6) is 1.08. The summed E-state index contributed by atoms with van der Waals surface area (Å²) in [4.78, 5) is 32.1. The van der Waals surface area contributed by atoms with Gasteiger partial charge >= 0.3 is 0 Å². The van der Waals surface area contributed by atoms with Crippen LogP contribution in [0.15, 0.2) is 48.5 Å². The van der Waals surface area contributed by atoms with Crippen molar-refractivity contribution in [2.45, 2.75) is 78.4 Å². The molecule has 6 nitrogen and oxygen atoms in total. The molecular formula is C28H37ClN4O2. The fraction of sp³-hybridized carbons (Fsp3) is 0.464. The summed E-state index contributed by atoms with van der Waals surface area (Å²) in [5, 5.41) is 3.66. The number of amides is 2. The van der Waals surface area contributed by atoms with Crippen LogP contribution in [0.2, 0.25) is 5.02 Å². The smallest absolute Gasteiger partial charge is 0.243 e. The van der Waals surface area contributed by atoms with E-state index in [0.29, 0.717) is 24.5 Å². The van der Waals surface area contributed by atoms with Crippen LogP contribution >= 0.6 is 11.6 Å². The SMILES string of the molecule is CC(C)N(C(=O)Cn1c(CCCCCNC(=O)Cc2ccc(Cl)cc2)nc2ccccc21)C(C)C. The van der Waals surface area contributed by atoms with E-state index < -0.39 is 0 Å². The van der Waals surface area contributed by atoms with Gasteiger partial charge in [-0.3, -0.25) is 9.59 Å². The molecule has 0 spiro atoms. The van der Waals surface area contributed by atoms with Crippen molar-refractivity contribution in [1.29, 1.82) is 0 Å². The highest BCUT2D eigenvalue weighted by atomic mass is 35.5. The number of halogens is 1. The molecule has 2 amide bonds. The number of fused-ring (bicyclic) bond motifs is 1. The highest BCUT2D eigenvalue weighted by Crippen LogP contribution is 2.19. The highest BCUT2D eigenvalue weighted by molar-refractivity contribution is 6.30. The van der Waals surface area contributed by atoms with Crippen LogP contribution in [-0.2, 0) is 29.0 Å². The second-order valence-electron chi connectivity index (χ2n) is 9.56. The minimum atomic E-state index is 0.0208. The van der Waals surface area contributed by atoms with Gasteiger partial charge < -0.3 is 14.8 Å². The van der Waals surface area contributed by atoms with E-state index >= 15 is 0 Å². The van der Waals surface area contributed by atoms with Gasteiger partial charge in [0, 0.05) is 30.1 Å². The Bertz CT molecular complexity index is 1110. The number of imidazole rings is 1. The van der Waals surface area contributed by atoms with Crippen LogP contribution in [-0.4, -0.2) is 44.9 Å². The number of rotatable bonds is 12. The predicted octanol–water partition coefficient (Wildman–Crippen LogP) is 5.41. The van der Waals surface area contributed by atoms with Crippen molar-refractivity contribution < 1.29 is 9.59 Å². The maximum absolute atomic E-state index is 13.1.